The Hall–Kier alpha value is -1.86. The fourth-order valence-corrected chi connectivity index (χ4v) is 4.10. The zero-order chi connectivity index (χ0) is 18.1. The molecule has 0 aliphatic heterocycles. The normalized spacial score (nSPS) is 11.5. The third-order valence-electron chi connectivity index (χ3n) is 3.59. The first-order valence-electron chi connectivity index (χ1n) is 7.28. The summed E-state index contributed by atoms with van der Waals surface area (Å²) < 4.78 is 28.9. The molecule has 0 fully saturated rings. The SMILES string of the molecule is Cc1cc(S(=O)(=O)Nc2ccc(C(=O)O)cc2)c(C(C)C)cc1Br. The van der Waals surface area contributed by atoms with E-state index in [1.165, 1.54) is 24.3 Å². The summed E-state index contributed by atoms with van der Waals surface area (Å²) in [7, 11) is -3.78. The molecule has 2 N–H and O–H groups in total. The van der Waals surface area contributed by atoms with Crippen molar-refractivity contribution in [1.29, 1.82) is 0 Å². The predicted molar refractivity (Wildman–Crippen MR) is 97.2 cm³/mol. The van der Waals surface area contributed by atoms with E-state index in [0.717, 1.165) is 10.0 Å². The Balaban J connectivity index is 2.43. The van der Waals surface area contributed by atoms with Gasteiger partial charge < -0.3 is 5.11 Å². The van der Waals surface area contributed by atoms with Crippen LogP contribution in [0.2, 0.25) is 0 Å². The zero-order valence-corrected chi connectivity index (χ0v) is 15.9. The van der Waals surface area contributed by atoms with E-state index in [-0.39, 0.29) is 16.4 Å². The van der Waals surface area contributed by atoms with Gasteiger partial charge in [-0.05, 0) is 60.4 Å². The van der Waals surface area contributed by atoms with Gasteiger partial charge in [0.1, 0.15) is 0 Å². The topological polar surface area (TPSA) is 83.5 Å². The molecule has 128 valence electrons. The minimum atomic E-state index is -3.78. The average Bonchev–Trinajstić information content (AvgIpc) is 2.49. The minimum Gasteiger partial charge on any atom is -0.478 e. The van der Waals surface area contributed by atoms with Crippen molar-refractivity contribution in [2.45, 2.75) is 31.6 Å². The highest BCUT2D eigenvalue weighted by Gasteiger charge is 2.22. The Bertz CT molecular complexity index is 874. The quantitative estimate of drug-likeness (QED) is 0.764. The minimum absolute atomic E-state index is 0.0304. The summed E-state index contributed by atoms with van der Waals surface area (Å²) in [6.45, 7) is 5.68. The first-order chi connectivity index (χ1) is 11.1. The number of aryl methyl sites for hydroxylation is 1. The largest absolute Gasteiger partial charge is 0.478 e. The second-order valence-corrected chi connectivity index (χ2v) is 8.29. The maximum atomic E-state index is 12.8. The van der Waals surface area contributed by atoms with E-state index in [0.29, 0.717) is 11.3 Å². The highest BCUT2D eigenvalue weighted by atomic mass is 79.9. The highest BCUT2D eigenvalue weighted by Crippen LogP contribution is 2.31. The molecule has 0 amide bonds. The number of halogens is 1. The van der Waals surface area contributed by atoms with Crippen LogP contribution < -0.4 is 4.72 Å². The molecule has 0 aromatic heterocycles. The van der Waals surface area contributed by atoms with Gasteiger partial charge in [-0.15, -0.1) is 0 Å². The lowest BCUT2D eigenvalue weighted by molar-refractivity contribution is 0.0697. The van der Waals surface area contributed by atoms with Crippen LogP contribution in [0.3, 0.4) is 0 Å². The number of hydrogen-bond acceptors (Lipinski definition) is 3. The number of carboxylic acid groups (broad SMARTS) is 1. The van der Waals surface area contributed by atoms with Crippen LogP contribution >= 0.6 is 15.9 Å². The Kier molecular flexibility index (Phi) is 5.35. The second-order valence-electron chi connectivity index (χ2n) is 5.78. The summed E-state index contributed by atoms with van der Waals surface area (Å²) in [5.41, 5.74) is 1.94. The average molecular weight is 412 g/mol. The molecular formula is C17H18BrNO4S. The maximum absolute atomic E-state index is 12.8. The number of hydrogen-bond donors (Lipinski definition) is 2. The Morgan fingerprint density at radius 3 is 2.25 bits per heavy atom. The smallest absolute Gasteiger partial charge is 0.335 e. The molecule has 7 heteroatoms. The summed E-state index contributed by atoms with van der Waals surface area (Å²) in [6.07, 6.45) is 0. The van der Waals surface area contributed by atoms with E-state index in [4.69, 9.17) is 5.11 Å². The van der Waals surface area contributed by atoms with Gasteiger partial charge in [-0.3, -0.25) is 4.72 Å². The number of carboxylic acids is 1. The first kappa shape index (κ1) is 18.5. The molecule has 2 aromatic carbocycles. The fourth-order valence-electron chi connectivity index (χ4n) is 2.25. The molecule has 0 radical (unpaired) electrons. The van der Waals surface area contributed by atoms with E-state index in [1.54, 1.807) is 6.07 Å². The van der Waals surface area contributed by atoms with Gasteiger partial charge >= 0.3 is 5.97 Å². The van der Waals surface area contributed by atoms with Crippen molar-refractivity contribution in [3.05, 3.63) is 57.6 Å². The molecule has 0 saturated heterocycles. The number of nitrogens with one attached hydrogen (secondary N) is 1. The van der Waals surface area contributed by atoms with Crippen LogP contribution in [0.1, 0.15) is 41.3 Å². The lowest BCUT2D eigenvalue weighted by Crippen LogP contribution is -2.16. The van der Waals surface area contributed by atoms with Crippen molar-refractivity contribution in [1.82, 2.24) is 0 Å². The molecule has 0 unspecified atom stereocenters. The van der Waals surface area contributed by atoms with Crippen LogP contribution in [0.25, 0.3) is 0 Å². The van der Waals surface area contributed by atoms with Crippen molar-refractivity contribution in [2.24, 2.45) is 0 Å². The number of benzene rings is 2. The molecule has 0 bridgehead atoms. The van der Waals surface area contributed by atoms with E-state index < -0.39 is 16.0 Å². The summed E-state index contributed by atoms with van der Waals surface area (Å²) in [4.78, 5) is 11.1. The third kappa shape index (κ3) is 3.96. The standard InChI is InChI=1S/C17H18BrNO4S/c1-10(2)14-9-15(18)11(3)8-16(14)24(22,23)19-13-6-4-12(5-7-13)17(20)21/h4-10,19H,1-3H3,(H,20,21). The lowest BCUT2D eigenvalue weighted by Gasteiger charge is -2.16. The van der Waals surface area contributed by atoms with Crippen molar-refractivity contribution in [2.75, 3.05) is 4.72 Å². The Labute approximate surface area is 149 Å². The van der Waals surface area contributed by atoms with Crippen LogP contribution in [0.5, 0.6) is 0 Å². The van der Waals surface area contributed by atoms with Gasteiger partial charge in [-0.2, -0.15) is 0 Å². The number of sulfonamides is 1. The molecule has 5 nitrogen and oxygen atoms in total. The van der Waals surface area contributed by atoms with Gasteiger partial charge in [-0.25, -0.2) is 13.2 Å². The van der Waals surface area contributed by atoms with Gasteiger partial charge in [0.25, 0.3) is 10.0 Å². The molecule has 0 atom stereocenters. The summed E-state index contributed by atoms with van der Waals surface area (Å²) in [5.74, 6) is -1.03. The van der Waals surface area contributed by atoms with Gasteiger partial charge in [-0.1, -0.05) is 29.8 Å². The molecule has 0 saturated carbocycles. The van der Waals surface area contributed by atoms with Gasteiger partial charge in [0.05, 0.1) is 10.5 Å². The van der Waals surface area contributed by atoms with E-state index in [1.807, 2.05) is 26.8 Å². The highest BCUT2D eigenvalue weighted by molar-refractivity contribution is 9.10. The maximum Gasteiger partial charge on any atom is 0.335 e. The fraction of sp³-hybridized carbons (Fsp3) is 0.235. The van der Waals surface area contributed by atoms with Crippen LogP contribution in [0, 0.1) is 6.92 Å². The first-order valence-corrected chi connectivity index (χ1v) is 9.55. The van der Waals surface area contributed by atoms with Gasteiger partial charge in [0.2, 0.25) is 0 Å². The van der Waals surface area contributed by atoms with Crippen LogP contribution in [-0.2, 0) is 10.0 Å². The van der Waals surface area contributed by atoms with E-state index in [9.17, 15) is 13.2 Å². The van der Waals surface area contributed by atoms with Crippen molar-refractivity contribution < 1.29 is 18.3 Å². The van der Waals surface area contributed by atoms with Crippen LogP contribution in [-0.4, -0.2) is 19.5 Å². The van der Waals surface area contributed by atoms with Crippen molar-refractivity contribution >= 4 is 37.6 Å². The molecule has 24 heavy (non-hydrogen) atoms. The molecular weight excluding hydrogens is 394 g/mol. The number of anilines is 1. The Morgan fingerprint density at radius 2 is 1.75 bits per heavy atom. The molecule has 2 rings (SSSR count). The van der Waals surface area contributed by atoms with E-state index >= 15 is 0 Å². The summed E-state index contributed by atoms with van der Waals surface area (Å²) in [6, 6.07) is 9.03. The Morgan fingerprint density at radius 1 is 1.17 bits per heavy atom. The van der Waals surface area contributed by atoms with Crippen molar-refractivity contribution in [3.63, 3.8) is 0 Å². The number of rotatable bonds is 5. The third-order valence-corrected chi connectivity index (χ3v) is 5.88. The lowest BCUT2D eigenvalue weighted by atomic mass is 10.0. The summed E-state index contributed by atoms with van der Waals surface area (Å²) >= 11 is 3.43. The monoisotopic (exact) mass is 411 g/mol. The molecule has 0 heterocycles. The number of aromatic carboxylic acids is 1. The van der Waals surface area contributed by atoms with Crippen LogP contribution in [0.4, 0.5) is 5.69 Å². The van der Waals surface area contributed by atoms with Gasteiger partial charge in [0.15, 0.2) is 0 Å². The van der Waals surface area contributed by atoms with E-state index in [2.05, 4.69) is 20.7 Å². The molecule has 0 aliphatic carbocycles. The van der Waals surface area contributed by atoms with Crippen molar-refractivity contribution in [3.8, 4) is 0 Å². The zero-order valence-electron chi connectivity index (χ0n) is 13.5. The predicted octanol–water partition coefficient (Wildman–Crippen LogP) is 4.38. The second kappa shape index (κ2) is 6.94. The molecule has 0 spiro atoms. The summed E-state index contributed by atoms with van der Waals surface area (Å²) in [5, 5.41) is 8.90. The molecule has 2 aromatic rings. The van der Waals surface area contributed by atoms with Crippen LogP contribution in [0.15, 0.2) is 45.8 Å². The number of carbonyl (C=O) groups is 1. The van der Waals surface area contributed by atoms with Gasteiger partial charge in [0, 0.05) is 10.2 Å². The molecule has 0 aliphatic rings.